The molecular formula is C27H42O3S2. The molecule has 0 N–H and O–H groups in total. The van der Waals surface area contributed by atoms with Crippen LogP contribution in [0.3, 0.4) is 0 Å². The molecule has 3 unspecified atom stereocenters. The summed E-state index contributed by atoms with van der Waals surface area (Å²) in [6.07, 6.45) is 14.5. The van der Waals surface area contributed by atoms with Crippen LogP contribution in [0.5, 0.6) is 0 Å². The van der Waals surface area contributed by atoms with Crippen LogP contribution in [0.4, 0.5) is 0 Å². The van der Waals surface area contributed by atoms with Crippen LogP contribution in [0.15, 0.2) is 12.2 Å². The Morgan fingerprint density at radius 2 is 1.75 bits per heavy atom. The summed E-state index contributed by atoms with van der Waals surface area (Å²) >= 11 is 4.28. The van der Waals surface area contributed by atoms with Gasteiger partial charge in [0.05, 0.1) is 16.8 Å². The van der Waals surface area contributed by atoms with Gasteiger partial charge in [-0.2, -0.15) is 0 Å². The summed E-state index contributed by atoms with van der Waals surface area (Å²) in [7, 11) is 0. The molecule has 0 aromatic rings. The summed E-state index contributed by atoms with van der Waals surface area (Å²) < 4.78 is 13.3. The molecule has 7 atom stereocenters. The first kappa shape index (κ1) is 23.8. The highest BCUT2D eigenvalue weighted by molar-refractivity contribution is 8.19. The lowest BCUT2D eigenvalue weighted by Gasteiger charge is -2.68. The van der Waals surface area contributed by atoms with Crippen LogP contribution in [0.25, 0.3) is 0 Å². The fraction of sp³-hybridized carbons (Fsp3) is 0.889. The maximum absolute atomic E-state index is 12.4. The second-order valence-corrected chi connectivity index (χ2v) is 15.8. The summed E-state index contributed by atoms with van der Waals surface area (Å²) in [5.74, 6) is 3.20. The maximum Gasteiger partial charge on any atom is 0.162 e. The summed E-state index contributed by atoms with van der Waals surface area (Å²) in [6.45, 7) is 12.4. The van der Waals surface area contributed by atoms with Crippen molar-refractivity contribution in [3.05, 3.63) is 12.2 Å². The molecule has 3 aliphatic carbocycles. The van der Waals surface area contributed by atoms with Gasteiger partial charge in [0.15, 0.2) is 6.29 Å². The number of aldehydes is 1. The van der Waals surface area contributed by atoms with Crippen molar-refractivity contribution in [3.8, 4) is 0 Å². The fourth-order valence-corrected chi connectivity index (χ4v) is 11.2. The molecule has 2 heterocycles. The van der Waals surface area contributed by atoms with Crippen molar-refractivity contribution in [3.63, 3.8) is 0 Å². The van der Waals surface area contributed by atoms with E-state index in [2.05, 4.69) is 70.3 Å². The van der Waals surface area contributed by atoms with Gasteiger partial charge in [0.2, 0.25) is 0 Å². The van der Waals surface area contributed by atoms with Crippen molar-refractivity contribution in [2.45, 2.75) is 96.0 Å². The molecule has 3 nitrogen and oxygen atoms in total. The molecule has 5 rings (SSSR count). The third-order valence-corrected chi connectivity index (χ3v) is 13.3. The van der Waals surface area contributed by atoms with Crippen LogP contribution < -0.4 is 0 Å². The number of ether oxygens (including phenoxy) is 2. The van der Waals surface area contributed by atoms with Crippen LogP contribution in [-0.4, -0.2) is 40.9 Å². The van der Waals surface area contributed by atoms with Gasteiger partial charge in [0.25, 0.3) is 0 Å². The van der Waals surface area contributed by atoms with Gasteiger partial charge in [-0.3, -0.25) is 0 Å². The molecule has 2 aliphatic heterocycles. The Hall–Kier alpha value is 0.0300. The number of hydrogen-bond acceptors (Lipinski definition) is 5. The Labute approximate surface area is 203 Å². The van der Waals surface area contributed by atoms with E-state index in [1.165, 1.54) is 30.6 Å². The second-order valence-electron chi connectivity index (χ2n) is 12.7. The van der Waals surface area contributed by atoms with E-state index in [-0.39, 0.29) is 44.1 Å². The zero-order valence-electron chi connectivity index (χ0n) is 20.7. The van der Waals surface area contributed by atoms with Gasteiger partial charge in [0, 0.05) is 22.2 Å². The normalized spacial score (nSPS) is 48.3. The Balaban J connectivity index is 1.48. The molecule has 5 aliphatic rings. The van der Waals surface area contributed by atoms with Gasteiger partial charge in [-0.15, -0.1) is 23.5 Å². The van der Waals surface area contributed by atoms with Gasteiger partial charge < -0.3 is 14.3 Å². The minimum Gasteiger partial charge on any atom is -0.351 e. The van der Waals surface area contributed by atoms with Crippen molar-refractivity contribution >= 4 is 29.8 Å². The average molecular weight is 479 g/mol. The lowest BCUT2D eigenvalue weighted by Crippen LogP contribution is -2.66. The highest BCUT2D eigenvalue weighted by atomic mass is 32.2. The molecule has 2 saturated carbocycles. The van der Waals surface area contributed by atoms with Crippen LogP contribution in [0, 0.1) is 33.5 Å². The van der Waals surface area contributed by atoms with E-state index in [9.17, 15) is 4.79 Å². The number of hydrogen-bond donors (Lipinski definition) is 0. The molecule has 0 aromatic carbocycles. The molecule has 0 bridgehead atoms. The van der Waals surface area contributed by atoms with Crippen molar-refractivity contribution in [2.24, 2.45) is 33.5 Å². The maximum atomic E-state index is 12.4. The molecule has 0 aromatic heterocycles. The highest BCUT2D eigenvalue weighted by Gasteiger charge is 2.67. The first-order chi connectivity index (χ1) is 15.1. The lowest BCUT2D eigenvalue weighted by atomic mass is 9.38. The number of rotatable bonds is 1. The van der Waals surface area contributed by atoms with Gasteiger partial charge in [-0.1, -0.05) is 46.8 Å². The first-order valence-corrected chi connectivity index (χ1v) is 14.8. The Bertz CT molecular complexity index is 769. The van der Waals surface area contributed by atoms with Crippen LogP contribution >= 0.6 is 23.5 Å². The third-order valence-electron chi connectivity index (χ3n) is 9.93. The third kappa shape index (κ3) is 3.42. The minimum absolute atomic E-state index is 0.00572. The van der Waals surface area contributed by atoms with Crippen molar-refractivity contribution < 1.29 is 14.3 Å². The van der Waals surface area contributed by atoms with E-state index in [0.717, 1.165) is 38.7 Å². The first-order valence-electron chi connectivity index (χ1n) is 12.8. The van der Waals surface area contributed by atoms with E-state index < -0.39 is 0 Å². The molecule has 180 valence electrons. The number of carbonyl (C=O) groups excluding carboxylic acids is 1. The van der Waals surface area contributed by atoms with Gasteiger partial charge >= 0.3 is 0 Å². The molecule has 2 saturated heterocycles. The molecule has 0 amide bonds. The molecule has 2 spiro atoms. The molecule has 32 heavy (non-hydrogen) atoms. The summed E-state index contributed by atoms with van der Waals surface area (Å²) in [5.41, 5.74) is 0.114. The Kier molecular flexibility index (Phi) is 5.96. The number of carbonyl (C=O) groups is 1. The summed E-state index contributed by atoms with van der Waals surface area (Å²) in [6, 6.07) is 0. The van der Waals surface area contributed by atoms with E-state index in [1.807, 2.05) is 0 Å². The quantitative estimate of drug-likeness (QED) is 0.309. The van der Waals surface area contributed by atoms with Crippen LogP contribution in [0.2, 0.25) is 0 Å². The molecule has 4 fully saturated rings. The minimum atomic E-state index is -0.125. The van der Waals surface area contributed by atoms with Gasteiger partial charge in [-0.05, 0) is 67.8 Å². The summed E-state index contributed by atoms with van der Waals surface area (Å²) in [4.78, 5) is 12.4. The lowest BCUT2D eigenvalue weighted by molar-refractivity contribution is -0.333. The summed E-state index contributed by atoms with van der Waals surface area (Å²) in [5, 5.41) is 0. The van der Waals surface area contributed by atoms with Crippen molar-refractivity contribution in [2.75, 3.05) is 18.1 Å². The predicted molar refractivity (Wildman–Crippen MR) is 135 cm³/mol. The smallest absolute Gasteiger partial charge is 0.162 e. The van der Waals surface area contributed by atoms with Crippen LogP contribution in [-0.2, 0) is 14.3 Å². The Morgan fingerprint density at radius 3 is 2.38 bits per heavy atom. The predicted octanol–water partition coefficient (Wildman–Crippen LogP) is 6.71. The molecule has 0 radical (unpaired) electrons. The number of allylic oxidation sites excluding steroid dienone is 1. The van der Waals surface area contributed by atoms with Crippen LogP contribution in [0.1, 0.15) is 79.6 Å². The monoisotopic (exact) mass is 478 g/mol. The molecule has 5 heteroatoms. The van der Waals surface area contributed by atoms with Crippen molar-refractivity contribution in [1.82, 2.24) is 0 Å². The number of thioether (sulfide) groups is 2. The van der Waals surface area contributed by atoms with Crippen molar-refractivity contribution in [1.29, 1.82) is 0 Å². The van der Waals surface area contributed by atoms with E-state index in [0.29, 0.717) is 5.92 Å². The zero-order chi connectivity index (χ0) is 22.8. The van der Waals surface area contributed by atoms with E-state index >= 15 is 0 Å². The number of fused-ring (bicyclic) bond motifs is 4. The van der Waals surface area contributed by atoms with E-state index in [4.69, 9.17) is 9.47 Å². The largest absolute Gasteiger partial charge is 0.351 e. The SMILES string of the molecule is CC(C)(C)[C@H]1OC[C@]2(C)C(CCC3(C)[C@H]2CCC(C=O)[C@]32C=CC3(CC2)SCCCS3)O1. The van der Waals surface area contributed by atoms with Gasteiger partial charge in [-0.25, -0.2) is 0 Å². The fourth-order valence-electron chi connectivity index (χ4n) is 8.06. The Morgan fingerprint density at radius 1 is 1.00 bits per heavy atom. The van der Waals surface area contributed by atoms with Gasteiger partial charge in [0.1, 0.15) is 6.29 Å². The standard InChI is InChI=1S/C27H42O3S2/c1-23(2,3)22-29-18-24(4)20-8-7-19(17-28)26(25(20,5)10-9-21(24)30-22)11-13-27(14-12-26)31-15-6-16-32-27/h11,13,17,19-22H,6-10,12,14-16,18H2,1-5H3/t19?,20-,21?,22-,24-,25?,26+/m0/s1. The van der Waals surface area contributed by atoms with E-state index in [1.54, 1.807) is 0 Å². The molecular weight excluding hydrogens is 436 g/mol. The topological polar surface area (TPSA) is 35.5 Å². The zero-order valence-corrected chi connectivity index (χ0v) is 22.3. The highest BCUT2D eigenvalue weighted by Crippen LogP contribution is 2.71. The average Bonchev–Trinajstić information content (AvgIpc) is 2.76. The second kappa shape index (κ2) is 8.03.